The van der Waals surface area contributed by atoms with Crippen LogP contribution in [0.4, 0.5) is 5.69 Å². The first kappa shape index (κ1) is 17.5. The molecule has 4 rings (SSSR count). The van der Waals surface area contributed by atoms with Crippen LogP contribution < -0.4 is 15.5 Å². The Kier molecular flexibility index (Phi) is 4.64. The molecular formula is C23H17NO4. The van der Waals surface area contributed by atoms with Crippen molar-refractivity contribution in [2.45, 2.75) is 0 Å². The van der Waals surface area contributed by atoms with Gasteiger partial charge in [0.15, 0.2) is 5.43 Å². The van der Waals surface area contributed by atoms with Crippen LogP contribution in [0.25, 0.3) is 22.3 Å². The van der Waals surface area contributed by atoms with Crippen LogP contribution >= 0.6 is 0 Å². The minimum Gasteiger partial charge on any atom is -0.497 e. The van der Waals surface area contributed by atoms with E-state index in [-0.39, 0.29) is 11.3 Å². The molecule has 1 aromatic heterocycles. The topological polar surface area (TPSA) is 68.5 Å². The predicted octanol–water partition coefficient (Wildman–Crippen LogP) is 4.72. The summed E-state index contributed by atoms with van der Waals surface area (Å²) in [6.45, 7) is 0. The zero-order valence-corrected chi connectivity index (χ0v) is 15.1. The second-order valence-electron chi connectivity index (χ2n) is 6.24. The maximum absolute atomic E-state index is 12.5. The highest BCUT2D eigenvalue weighted by atomic mass is 16.5. The van der Waals surface area contributed by atoms with Crippen LogP contribution in [0, 0.1) is 0 Å². The highest BCUT2D eigenvalue weighted by Crippen LogP contribution is 2.25. The van der Waals surface area contributed by atoms with Crippen LogP contribution in [0.2, 0.25) is 0 Å². The number of nitrogens with one attached hydrogen (secondary N) is 1. The minimum absolute atomic E-state index is 0.109. The third kappa shape index (κ3) is 3.50. The maximum Gasteiger partial charge on any atom is 0.255 e. The number of fused-ring (bicyclic) bond motifs is 1. The van der Waals surface area contributed by atoms with Crippen LogP contribution in [0.5, 0.6) is 5.75 Å². The molecule has 0 aliphatic heterocycles. The summed E-state index contributed by atoms with van der Waals surface area (Å²) in [5.74, 6) is 0.802. The lowest BCUT2D eigenvalue weighted by Gasteiger charge is -2.09. The summed E-state index contributed by atoms with van der Waals surface area (Å²) in [7, 11) is 1.55. The lowest BCUT2D eigenvalue weighted by molar-refractivity contribution is 0.102. The van der Waals surface area contributed by atoms with Gasteiger partial charge in [0.1, 0.15) is 17.1 Å². The van der Waals surface area contributed by atoms with Crippen molar-refractivity contribution in [3.05, 3.63) is 94.6 Å². The molecule has 1 N–H and O–H groups in total. The second kappa shape index (κ2) is 7.40. The Morgan fingerprint density at radius 2 is 1.75 bits per heavy atom. The van der Waals surface area contributed by atoms with Crippen LogP contribution in [-0.2, 0) is 0 Å². The van der Waals surface area contributed by atoms with Gasteiger partial charge in [0, 0.05) is 22.9 Å². The normalized spacial score (nSPS) is 10.6. The molecule has 138 valence electrons. The van der Waals surface area contributed by atoms with Crippen LogP contribution in [0.1, 0.15) is 10.4 Å². The number of anilines is 1. The molecule has 28 heavy (non-hydrogen) atoms. The first-order valence-electron chi connectivity index (χ1n) is 8.73. The average molecular weight is 371 g/mol. The van der Waals surface area contributed by atoms with E-state index < -0.39 is 0 Å². The van der Waals surface area contributed by atoms with Crippen LogP contribution in [-0.4, -0.2) is 13.0 Å². The molecule has 5 nitrogen and oxygen atoms in total. The van der Waals surface area contributed by atoms with E-state index in [1.807, 2.05) is 12.1 Å². The van der Waals surface area contributed by atoms with Gasteiger partial charge in [0.25, 0.3) is 5.91 Å². The van der Waals surface area contributed by atoms with Crippen molar-refractivity contribution < 1.29 is 13.9 Å². The molecule has 3 aromatic carbocycles. The number of carbonyl (C=O) groups is 1. The Bertz CT molecular complexity index is 1230. The zero-order valence-electron chi connectivity index (χ0n) is 15.1. The number of ether oxygens (including phenoxy) is 1. The highest BCUT2D eigenvalue weighted by molar-refractivity contribution is 6.04. The van der Waals surface area contributed by atoms with Gasteiger partial charge in [-0.2, -0.15) is 0 Å². The second-order valence-corrected chi connectivity index (χ2v) is 6.24. The standard InChI is InChI=1S/C23H17NO4/c1-27-18-9-5-7-16(13-18)23(26)24-17-8-4-6-15(12-17)22-14-20(25)19-10-2-3-11-21(19)28-22/h2-14H,1H3,(H,24,26). The van der Waals surface area contributed by atoms with Gasteiger partial charge in [0.2, 0.25) is 0 Å². The first-order chi connectivity index (χ1) is 13.6. The van der Waals surface area contributed by atoms with Gasteiger partial charge in [-0.15, -0.1) is 0 Å². The molecule has 5 heteroatoms. The van der Waals surface area contributed by atoms with Crippen molar-refractivity contribution in [2.24, 2.45) is 0 Å². The molecule has 1 amide bonds. The fourth-order valence-corrected chi connectivity index (χ4v) is 2.96. The summed E-state index contributed by atoms with van der Waals surface area (Å²) in [4.78, 5) is 24.9. The van der Waals surface area contributed by atoms with E-state index in [9.17, 15) is 9.59 Å². The van der Waals surface area contributed by atoms with Crippen molar-refractivity contribution in [1.29, 1.82) is 0 Å². The van der Waals surface area contributed by atoms with E-state index in [1.165, 1.54) is 6.07 Å². The number of hydrogen-bond acceptors (Lipinski definition) is 4. The number of para-hydroxylation sites is 1. The Morgan fingerprint density at radius 3 is 2.61 bits per heavy atom. The van der Waals surface area contributed by atoms with Crippen molar-refractivity contribution in [3.63, 3.8) is 0 Å². The lowest BCUT2D eigenvalue weighted by Crippen LogP contribution is -2.11. The molecule has 0 radical (unpaired) electrons. The molecule has 0 aliphatic carbocycles. The van der Waals surface area contributed by atoms with Gasteiger partial charge >= 0.3 is 0 Å². The van der Waals surface area contributed by atoms with E-state index in [2.05, 4.69) is 5.32 Å². The number of methoxy groups -OCH3 is 1. The number of benzene rings is 3. The molecule has 0 saturated carbocycles. The molecule has 0 aliphatic rings. The van der Waals surface area contributed by atoms with Crippen molar-refractivity contribution in [2.75, 3.05) is 12.4 Å². The fourth-order valence-electron chi connectivity index (χ4n) is 2.96. The molecule has 0 unspecified atom stereocenters. The third-order valence-electron chi connectivity index (χ3n) is 4.37. The Hall–Kier alpha value is -3.86. The van der Waals surface area contributed by atoms with Crippen molar-refractivity contribution >= 4 is 22.6 Å². The van der Waals surface area contributed by atoms with Crippen molar-refractivity contribution in [3.8, 4) is 17.1 Å². The smallest absolute Gasteiger partial charge is 0.255 e. The minimum atomic E-state index is -0.254. The Morgan fingerprint density at radius 1 is 0.929 bits per heavy atom. The number of rotatable bonds is 4. The van der Waals surface area contributed by atoms with Gasteiger partial charge in [-0.3, -0.25) is 9.59 Å². The Labute approximate surface area is 161 Å². The molecule has 1 heterocycles. The average Bonchev–Trinajstić information content (AvgIpc) is 2.74. The summed E-state index contributed by atoms with van der Waals surface area (Å²) < 4.78 is 11.0. The largest absolute Gasteiger partial charge is 0.497 e. The van der Waals surface area contributed by atoms with Gasteiger partial charge in [-0.1, -0.05) is 30.3 Å². The number of hydrogen-bond donors (Lipinski definition) is 1. The van der Waals surface area contributed by atoms with Gasteiger partial charge < -0.3 is 14.5 Å². The Balaban J connectivity index is 1.65. The predicted molar refractivity (Wildman–Crippen MR) is 109 cm³/mol. The quantitative estimate of drug-likeness (QED) is 0.563. The van der Waals surface area contributed by atoms with Crippen molar-refractivity contribution in [1.82, 2.24) is 0 Å². The van der Waals surface area contributed by atoms with Crippen LogP contribution in [0.3, 0.4) is 0 Å². The molecule has 0 fully saturated rings. The molecule has 0 bridgehead atoms. The SMILES string of the molecule is COc1cccc(C(=O)Nc2cccc(-c3cc(=O)c4ccccc4o3)c2)c1. The van der Waals surface area contributed by atoms with Gasteiger partial charge in [-0.05, 0) is 42.5 Å². The molecule has 4 aromatic rings. The molecule has 0 saturated heterocycles. The van der Waals surface area contributed by atoms with Crippen LogP contribution in [0.15, 0.2) is 88.1 Å². The van der Waals surface area contributed by atoms with E-state index in [0.29, 0.717) is 39.3 Å². The first-order valence-corrected chi connectivity index (χ1v) is 8.73. The maximum atomic E-state index is 12.5. The van der Waals surface area contributed by atoms with E-state index >= 15 is 0 Å². The molecular weight excluding hydrogens is 354 g/mol. The molecule has 0 atom stereocenters. The van der Waals surface area contributed by atoms with E-state index in [4.69, 9.17) is 9.15 Å². The monoisotopic (exact) mass is 371 g/mol. The highest BCUT2D eigenvalue weighted by Gasteiger charge is 2.10. The zero-order chi connectivity index (χ0) is 19.5. The summed E-state index contributed by atoms with van der Waals surface area (Å²) >= 11 is 0. The van der Waals surface area contributed by atoms with E-state index in [0.717, 1.165) is 0 Å². The van der Waals surface area contributed by atoms with Gasteiger partial charge in [0.05, 0.1) is 12.5 Å². The number of carbonyl (C=O) groups excluding carboxylic acids is 1. The third-order valence-corrected chi connectivity index (χ3v) is 4.37. The summed E-state index contributed by atoms with van der Waals surface area (Å²) in [6, 6.07) is 22.7. The number of amides is 1. The van der Waals surface area contributed by atoms with E-state index in [1.54, 1.807) is 67.8 Å². The summed E-state index contributed by atoms with van der Waals surface area (Å²) in [6.07, 6.45) is 0. The molecule has 0 spiro atoms. The lowest BCUT2D eigenvalue weighted by atomic mass is 10.1. The summed E-state index contributed by atoms with van der Waals surface area (Å²) in [5.41, 5.74) is 2.20. The van der Waals surface area contributed by atoms with Gasteiger partial charge in [-0.25, -0.2) is 0 Å². The fraction of sp³-hybridized carbons (Fsp3) is 0.0435. The summed E-state index contributed by atoms with van der Waals surface area (Å²) in [5, 5.41) is 3.39.